The number of hydrogen-bond acceptors (Lipinski definition) is 4. The molecule has 5 heteroatoms. The van der Waals surface area contributed by atoms with Gasteiger partial charge < -0.3 is 10.1 Å². The van der Waals surface area contributed by atoms with Crippen LogP contribution in [0.1, 0.15) is 22.7 Å². The lowest BCUT2D eigenvalue weighted by Crippen LogP contribution is -2.47. The van der Waals surface area contributed by atoms with Crippen molar-refractivity contribution in [3.63, 3.8) is 0 Å². The van der Waals surface area contributed by atoms with Crippen LogP contribution in [0.25, 0.3) is 0 Å². The van der Waals surface area contributed by atoms with Crippen LogP contribution in [0.4, 0.5) is 0 Å². The molecule has 1 aliphatic rings. The van der Waals surface area contributed by atoms with Gasteiger partial charge in [0.1, 0.15) is 12.4 Å². The van der Waals surface area contributed by atoms with Crippen LogP contribution in [-0.4, -0.2) is 42.7 Å². The molecule has 24 heavy (non-hydrogen) atoms. The highest BCUT2D eigenvalue weighted by molar-refractivity contribution is 5.85. The number of aromatic nitrogens is 1. The van der Waals surface area contributed by atoms with Crippen LogP contribution < -0.4 is 10.1 Å². The third kappa shape index (κ3) is 4.69. The number of nitrogens with one attached hydrogen (secondary N) is 1. The Bertz CT molecular complexity index is 636. The van der Waals surface area contributed by atoms with Gasteiger partial charge >= 0.3 is 0 Å². The minimum atomic E-state index is 0. The topological polar surface area (TPSA) is 37.4 Å². The van der Waals surface area contributed by atoms with Gasteiger partial charge in [-0.25, -0.2) is 0 Å². The van der Waals surface area contributed by atoms with Crippen molar-refractivity contribution in [1.29, 1.82) is 0 Å². The molecule has 1 aromatic heterocycles. The number of benzene rings is 1. The molecule has 2 heterocycles. The Kier molecular flexibility index (Phi) is 7.03. The third-order valence-electron chi connectivity index (χ3n) is 4.40. The molecule has 0 saturated carbocycles. The molecule has 1 unspecified atom stereocenters. The minimum Gasteiger partial charge on any atom is -0.492 e. The van der Waals surface area contributed by atoms with E-state index in [1.165, 1.54) is 16.7 Å². The van der Waals surface area contributed by atoms with Crippen molar-refractivity contribution in [2.45, 2.75) is 19.9 Å². The van der Waals surface area contributed by atoms with E-state index < -0.39 is 0 Å². The molecule has 3 rings (SSSR count). The monoisotopic (exact) mass is 347 g/mol. The summed E-state index contributed by atoms with van der Waals surface area (Å²) in [6, 6.07) is 10.9. The molecule has 1 saturated heterocycles. The average molecular weight is 348 g/mol. The molecule has 1 aromatic carbocycles. The highest BCUT2D eigenvalue weighted by Crippen LogP contribution is 2.22. The summed E-state index contributed by atoms with van der Waals surface area (Å²) in [4.78, 5) is 6.74. The summed E-state index contributed by atoms with van der Waals surface area (Å²) in [6.07, 6.45) is 3.80. The zero-order valence-corrected chi connectivity index (χ0v) is 15.2. The average Bonchev–Trinajstić information content (AvgIpc) is 2.59. The summed E-state index contributed by atoms with van der Waals surface area (Å²) in [5.74, 6) is 0.998. The Morgan fingerprint density at radius 1 is 1.29 bits per heavy atom. The van der Waals surface area contributed by atoms with Crippen LogP contribution in [0.3, 0.4) is 0 Å². The number of aryl methyl sites for hydroxylation is 2. The Morgan fingerprint density at radius 2 is 2.17 bits per heavy atom. The van der Waals surface area contributed by atoms with E-state index in [1.807, 2.05) is 18.5 Å². The van der Waals surface area contributed by atoms with Gasteiger partial charge in [-0.1, -0.05) is 18.2 Å². The summed E-state index contributed by atoms with van der Waals surface area (Å²) in [7, 11) is 0. The number of nitrogens with zero attached hydrogens (tertiary/aromatic N) is 2. The molecule has 1 fully saturated rings. The second-order valence-electron chi connectivity index (χ2n) is 6.16. The smallest absolute Gasteiger partial charge is 0.122 e. The van der Waals surface area contributed by atoms with Gasteiger partial charge in [0, 0.05) is 44.6 Å². The van der Waals surface area contributed by atoms with Crippen molar-refractivity contribution in [3.05, 3.63) is 59.4 Å². The molecule has 4 nitrogen and oxygen atoms in total. The first-order valence-electron chi connectivity index (χ1n) is 8.29. The maximum Gasteiger partial charge on any atom is 0.122 e. The molecular formula is C19H26ClN3O. The van der Waals surface area contributed by atoms with Crippen molar-refractivity contribution >= 4 is 12.4 Å². The molecule has 1 aliphatic heterocycles. The summed E-state index contributed by atoms with van der Waals surface area (Å²) in [5.41, 5.74) is 3.70. The fourth-order valence-corrected chi connectivity index (χ4v) is 3.05. The van der Waals surface area contributed by atoms with Crippen LogP contribution in [-0.2, 0) is 0 Å². The number of halogens is 1. The summed E-state index contributed by atoms with van der Waals surface area (Å²) < 4.78 is 6.03. The molecule has 0 aliphatic carbocycles. The summed E-state index contributed by atoms with van der Waals surface area (Å²) in [5, 5.41) is 3.48. The van der Waals surface area contributed by atoms with Crippen LogP contribution >= 0.6 is 12.4 Å². The Hall–Kier alpha value is -1.62. The summed E-state index contributed by atoms with van der Waals surface area (Å²) in [6.45, 7) is 8.86. The van der Waals surface area contributed by atoms with Crippen LogP contribution in [0.2, 0.25) is 0 Å². The van der Waals surface area contributed by atoms with Crippen molar-refractivity contribution in [2.24, 2.45) is 0 Å². The highest BCUT2D eigenvalue weighted by Gasteiger charge is 2.23. The molecule has 0 spiro atoms. The lowest BCUT2D eigenvalue weighted by Gasteiger charge is -2.36. The molecular weight excluding hydrogens is 322 g/mol. The first-order valence-corrected chi connectivity index (χ1v) is 8.29. The van der Waals surface area contributed by atoms with Gasteiger partial charge in [-0.2, -0.15) is 0 Å². The predicted molar refractivity (Wildman–Crippen MR) is 100 cm³/mol. The van der Waals surface area contributed by atoms with Crippen molar-refractivity contribution < 1.29 is 4.74 Å². The first kappa shape index (κ1) is 18.7. The van der Waals surface area contributed by atoms with Crippen LogP contribution in [0, 0.1) is 13.8 Å². The van der Waals surface area contributed by atoms with Crippen LogP contribution in [0.5, 0.6) is 5.75 Å². The van der Waals surface area contributed by atoms with Crippen molar-refractivity contribution in [3.8, 4) is 5.75 Å². The van der Waals surface area contributed by atoms with E-state index in [-0.39, 0.29) is 12.4 Å². The lowest BCUT2D eigenvalue weighted by molar-refractivity contribution is 0.133. The Balaban J connectivity index is 0.00000208. The fourth-order valence-electron chi connectivity index (χ4n) is 3.05. The molecule has 130 valence electrons. The van der Waals surface area contributed by atoms with E-state index in [9.17, 15) is 0 Å². The van der Waals surface area contributed by atoms with Gasteiger partial charge in [-0.15, -0.1) is 12.4 Å². The SMILES string of the molecule is Cc1ccc(C)c(OCCN2CCNCC2c2cccnc2)c1.Cl. The molecule has 1 atom stereocenters. The molecule has 0 radical (unpaired) electrons. The second kappa shape index (κ2) is 9.02. The normalized spacial score (nSPS) is 18.0. The van der Waals surface area contributed by atoms with E-state index in [0.29, 0.717) is 12.6 Å². The third-order valence-corrected chi connectivity index (χ3v) is 4.40. The Labute approximate surface area is 150 Å². The number of piperazine rings is 1. The number of rotatable bonds is 5. The maximum absolute atomic E-state index is 6.03. The van der Waals surface area contributed by atoms with Gasteiger partial charge in [0.25, 0.3) is 0 Å². The quantitative estimate of drug-likeness (QED) is 0.901. The van der Waals surface area contributed by atoms with Crippen LogP contribution in [0.15, 0.2) is 42.7 Å². The number of ether oxygens (including phenoxy) is 1. The molecule has 0 bridgehead atoms. The molecule has 1 N–H and O–H groups in total. The van der Waals surface area contributed by atoms with E-state index in [1.54, 1.807) is 0 Å². The lowest BCUT2D eigenvalue weighted by atomic mass is 10.1. The first-order chi connectivity index (χ1) is 11.2. The van der Waals surface area contributed by atoms with Gasteiger partial charge in [-0.3, -0.25) is 9.88 Å². The van der Waals surface area contributed by atoms with E-state index in [2.05, 4.69) is 53.3 Å². The van der Waals surface area contributed by atoms with E-state index in [0.717, 1.165) is 31.9 Å². The van der Waals surface area contributed by atoms with Crippen molar-refractivity contribution in [1.82, 2.24) is 15.2 Å². The predicted octanol–water partition coefficient (Wildman–Crippen LogP) is 3.15. The summed E-state index contributed by atoms with van der Waals surface area (Å²) >= 11 is 0. The van der Waals surface area contributed by atoms with E-state index >= 15 is 0 Å². The van der Waals surface area contributed by atoms with Gasteiger partial charge in [-0.05, 0) is 42.7 Å². The van der Waals surface area contributed by atoms with Gasteiger partial charge in [0.15, 0.2) is 0 Å². The zero-order chi connectivity index (χ0) is 16.1. The highest BCUT2D eigenvalue weighted by atomic mass is 35.5. The second-order valence-corrected chi connectivity index (χ2v) is 6.16. The van der Waals surface area contributed by atoms with Crippen molar-refractivity contribution in [2.75, 3.05) is 32.8 Å². The maximum atomic E-state index is 6.03. The van der Waals surface area contributed by atoms with Gasteiger partial charge in [0.2, 0.25) is 0 Å². The number of pyridine rings is 1. The number of hydrogen-bond donors (Lipinski definition) is 1. The Morgan fingerprint density at radius 3 is 2.96 bits per heavy atom. The standard InChI is InChI=1S/C19H25N3O.ClH/c1-15-5-6-16(2)19(12-15)23-11-10-22-9-8-21-14-18(22)17-4-3-7-20-13-17;/h3-7,12-13,18,21H,8-11,14H2,1-2H3;1H. The van der Waals surface area contributed by atoms with Gasteiger partial charge in [0.05, 0.1) is 0 Å². The zero-order valence-electron chi connectivity index (χ0n) is 14.4. The molecule has 0 amide bonds. The van der Waals surface area contributed by atoms with E-state index in [4.69, 9.17) is 4.74 Å². The molecule has 2 aromatic rings. The fraction of sp³-hybridized carbons (Fsp3) is 0.421. The largest absolute Gasteiger partial charge is 0.492 e. The minimum absolute atomic E-state index is 0.